The second kappa shape index (κ2) is 2.90. The fourth-order valence-corrected chi connectivity index (χ4v) is 1.10. The Morgan fingerprint density at radius 1 is 1.50 bits per heavy atom. The molecule has 0 fully saturated rings. The van der Waals surface area contributed by atoms with Crippen LogP contribution in [0.15, 0.2) is 22.7 Å². The van der Waals surface area contributed by atoms with E-state index in [0.29, 0.717) is 0 Å². The monoisotopic (exact) mass is 202 g/mol. The highest BCUT2D eigenvalue weighted by molar-refractivity contribution is 9.10. The van der Waals surface area contributed by atoms with Crippen LogP contribution in [0.1, 0.15) is 0 Å². The van der Waals surface area contributed by atoms with Gasteiger partial charge in [0.15, 0.2) is 0 Å². The molecule has 0 saturated heterocycles. The average molecular weight is 203 g/mol. The lowest BCUT2D eigenvalue weighted by molar-refractivity contribution is 0.475. The molecule has 0 heterocycles. The van der Waals surface area contributed by atoms with E-state index in [9.17, 15) is 0 Å². The van der Waals surface area contributed by atoms with Crippen molar-refractivity contribution in [2.45, 2.75) is 0 Å². The van der Waals surface area contributed by atoms with Gasteiger partial charge in [0.05, 0.1) is 5.69 Å². The Morgan fingerprint density at radius 3 is 2.70 bits per heavy atom. The van der Waals surface area contributed by atoms with Crippen LogP contribution >= 0.6 is 15.9 Å². The van der Waals surface area contributed by atoms with Gasteiger partial charge in [-0.2, -0.15) is 0 Å². The predicted octanol–water partition coefficient (Wildman–Crippen LogP) is 1.44. The van der Waals surface area contributed by atoms with E-state index in [1.54, 1.807) is 18.2 Å². The quantitative estimate of drug-likeness (QED) is 0.367. The average Bonchev–Trinajstić information content (AvgIpc) is 1.88. The molecule has 0 amide bonds. The Balaban J connectivity index is 3.07. The van der Waals surface area contributed by atoms with Gasteiger partial charge in [-0.25, -0.2) is 0 Å². The minimum atomic E-state index is 0.214. The molecular weight excluding hydrogens is 196 g/mol. The molecule has 0 spiro atoms. The molecule has 54 valence electrons. The van der Waals surface area contributed by atoms with Gasteiger partial charge in [0, 0.05) is 4.47 Å². The highest BCUT2D eigenvalue weighted by Gasteiger charge is 1.96. The summed E-state index contributed by atoms with van der Waals surface area (Å²) in [5.41, 5.74) is 3.21. The molecule has 0 aliphatic carbocycles. The third kappa shape index (κ3) is 1.40. The van der Waals surface area contributed by atoms with Crippen LogP contribution in [0.5, 0.6) is 5.75 Å². The van der Waals surface area contributed by atoms with Crippen molar-refractivity contribution in [3.8, 4) is 5.75 Å². The molecule has 0 atom stereocenters. The number of phenols is 1. The summed E-state index contributed by atoms with van der Waals surface area (Å²) in [6.07, 6.45) is 0. The third-order valence-corrected chi connectivity index (χ3v) is 1.76. The van der Waals surface area contributed by atoms with Crippen LogP contribution in [-0.4, -0.2) is 5.11 Å². The number of nitrogens with two attached hydrogens (primary N) is 1. The van der Waals surface area contributed by atoms with Crippen molar-refractivity contribution in [3.05, 3.63) is 22.7 Å². The highest BCUT2D eigenvalue weighted by Crippen LogP contribution is 2.25. The Labute approximate surface area is 67.0 Å². The van der Waals surface area contributed by atoms with Gasteiger partial charge in [-0.3, -0.25) is 5.84 Å². The van der Waals surface area contributed by atoms with E-state index >= 15 is 0 Å². The fourth-order valence-electron chi connectivity index (χ4n) is 0.621. The third-order valence-electron chi connectivity index (χ3n) is 1.11. The van der Waals surface area contributed by atoms with Gasteiger partial charge in [0.25, 0.3) is 0 Å². The lowest BCUT2D eigenvalue weighted by atomic mass is 10.3. The molecule has 1 aromatic rings. The van der Waals surface area contributed by atoms with Crippen molar-refractivity contribution >= 4 is 21.6 Å². The van der Waals surface area contributed by atoms with E-state index in [2.05, 4.69) is 21.4 Å². The van der Waals surface area contributed by atoms with Gasteiger partial charge in [0.1, 0.15) is 5.75 Å². The van der Waals surface area contributed by atoms with E-state index < -0.39 is 0 Å². The normalized spacial score (nSPS) is 9.40. The Bertz CT molecular complexity index is 239. The van der Waals surface area contributed by atoms with Crippen LogP contribution in [0.4, 0.5) is 5.69 Å². The molecule has 1 rings (SSSR count). The van der Waals surface area contributed by atoms with E-state index in [1.807, 2.05) is 0 Å². The summed E-state index contributed by atoms with van der Waals surface area (Å²) in [7, 11) is 0. The summed E-state index contributed by atoms with van der Waals surface area (Å²) < 4.78 is 0.745. The van der Waals surface area contributed by atoms with Gasteiger partial charge in [-0.05, 0) is 34.1 Å². The lowest BCUT2D eigenvalue weighted by Crippen LogP contribution is -2.06. The maximum absolute atomic E-state index is 8.93. The Kier molecular flexibility index (Phi) is 2.13. The summed E-state index contributed by atoms with van der Waals surface area (Å²) in [6, 6.07) is 4.80. The molecule has 3 nitrogen and oxygen atoms in total. The number of halogens is 1. The van der Waals surface area contributed by atoms with Crippen LogP contribution < -0.4 is 11.3 Å². The summed E-state index contributed by atoms with van der Waals surface area (Å²) in [5.74, 6) is 5.35. The van der Waals surface area contributed by atoms with E-state index in [-0.39, 0.29) is 5.75 Å². The first kappa shape index (κ1) is 7.37. The van der Waals surface area contributed by atoms with Gasteiger partial charge in [0.2, 0.25) is 0 Å². The first-order chi connectivity index (χ1) is 4.74. The first-order valence-corrected chi connectivity index (χ1v) is 3.48. The SMILES string of the molecule is NNc1ccc(O)cc1Br. The molecule has 0 aromatic heterocycles. The van der Waals surface area contributed by atoms with Crippen molar-refractivity contribution in [2.24, 2.45) is 5.84 Å². The fraction of sp³-hybridized carbons (Fsp3) is 0. The Morgan fingerprint density at radius 2 is 2.20 bits per heavy atom. The maximum atomic E-state index is 8.93. The Hall–Kier alpha value is -0.740. The number of aromatic hydroxyl groups is 1. The van der Waals surface area contributed by atoms with Crippen molar-refractivity contribution in [2.75, 3.05) is 5.43 Å². The lowest BCUT2D eigenvalue weighted by Gasteiger charge is -2.01. The number of hydrogen-bond acceptors (Lipinski definition) is 3. The van der Waals surface area contributed by atoms with E-state index in [4.69, 9.17) is 10.9 Å². The number of rotatable bonds is 1. The van der Waals surface area contributed by atoms with Gasteiger partial charge >= 0.3 is 0 Å². The molecule has 0 aliphatic heterocycles. The van der Waals surface area contributed by atoms with Crippen molar-refractivity contribution in [1.82, 2.24) is 0 Å². The molecule has 4 heteroatoms. The van der Waals surface area contributed by atoms with Gasteiger partial charge < -0.3 is 10.5 Å². The zero-order valence-electron chi connectivity index (χ0n) is 5.13. The number of hydrogen-bond donors (Lipinski definition) is 3. The zero-order chi connectivity index (χ0) is 7.56. The number of anilines is 1. The van der Waals surface area contributed by atoms with Crippen LogP contribution in [0.3, 0.4) is 0 Å². The standard InChI is InChI=1S/C6H7BrN2O/c7-5-3-4(10)1-2-6(5)9-8/h1-3,9-10H,8H2. The minimum Gasteiger partial charge on any atom is -0.508 e. The number of benzene rings is 1. The second-order valence-electron chi connectivity index (χ2n) is 1.81. The van der Waals surface area contributed by atoms with Gasteiger partial charge in [-0.1, -0.05) is 0 Å². The van der Waals surface area contributed by atoms with Crippen molar-refractivity contribution in [1.29, 1.82) is 0 Å². The summed E-state index contributed by atoms with van der Waals surface area (Å²) in [6.45, 7) is 0. The number of nitrogen functional groups attached to an aromatic ring is 1. The van der Waals surface area contributed by atoms with E-state index in [0.717, 1.165) is 10.2 Å². The van der Waals surface area contributed by atoms with Gasteiger partial charge in [-0.15, -0.1) is 0 Å². The molecule has 1 aromatic carbocycles. The molecule has 0 aliphatic rings. The molecule has 0 unspecified atom stereocenters. The minimum absolute atomic E-state index is 0.214. The summed E-state index contributed by atoms with van der Waals surface area (Å²) in [5, 5.41) is 8.93. The molecular formula is C6H7BrN2O. The topological polar surface area (TPSA) is 58.3 Å². The van der Waals surface area contributed by atoms with Crippen LogP contribution in [0.25, 0.3) is 0 Å². The van der Waals surface area contributed by atoms with Crippen molar-refractivity contribution < 1.29 is 5.11 Å². The smallest absolute Gasteiger partial charge is 0.116 e. The zero-order valence-corrected chi connectivity index (χ0v) is 6.72. The second-order valence-corrected chi connectivity index (χ2v) is 2.66. The van der Waals surface area contributed by atoms with Crippen molar-refractivity contribution in [3.63, 3.8) is 0 Å². The first-order valence-electron chi connectivity index (χ1n) is 2.69. The number of nitrogens with one attached hydrogen (secondary N) is 1. The number of phenolic OH excluding ortho intramolecular Hbond substituents is 1. The number of hydrazine groups is 1. The van der Waals surface area contributed by atoms with E-state index in [1.165, 1.54) is 0 Å². The summed E-state index contributed by atoms with van der Waals surface area (Å²) >= 11 is 3.20. The molecule has 0 radical (unpaired) electrons. The largest absolute Gasteiger partial charge is 0.508 e. The predicted molar refractivity (Wildman–Crippen MR) is 43.6 cm³/mol. The van der Waals surface area contributed by atoms with Crippen LogP contribution in [0, 0.1) is 0 Å². The van der Waals surface area contributed by atoms with Crippen LogP contribution in [0.2, 0.25) is 0 Å². The van der Waals surface area contributed by atoms with Crippen LogP contribution in [-0.2, 0) is 0 Å². The molecule has 4 N–H and O–H groups in total. The molecule has 0 saturated carbocycles. The molecule has 0 bridgehead atoms. The maximum Gasteiger partial charge on any atom is 0.116 e. The molecule has 10 heavy (non-hydrogen) atoms. The highest BCUT2D eigenvalue weighted by atomic mass is 79.9. The summed E-state index contributed by atoms with van der Waals surface area (Å²) in [4.78, 5) is 0.